The summed E-state index contributed by atoms with van der Waals surface area (Å²) in [6, 6.07) is 5.93. The first kappa shape index (κ1) is 11.3. The molecule has 0 saturated heterocycles. The predicted octanol–water partition coefficient (Wildman–Crippen LogP) is 1.95. The third-order valence-electron chi connectivity index (χ3n) is 2.21. The van der Waals surface area contributed by atoms with Crippen molar-refractivity contribution in [1.29, 1.82) is 0 Å². The Kier molecular flexibility index (Phi) is 3.36. The van der Waals surface area contributed by atoms with Gasteiger partial charge in [-0.3, -0.25) is 0 Å². The van der Waals surface area contributed by atoms with Gasteiger partial charge in [0.2, 0.25) is 0 Å². The molecule has 1 heterocycles. The second-order valence-electron chi connectivity index (χ2n) is 3.68. The fraction of sp³-hybridized carbons (Fsp3) is 0.273. The monoisotopic (exact) mass is 281 g/mol. The van der Waals surface area contributed by atoms with Crippen LogP contribution in [0.2, 0.25) is 0 Å². The predicted molar refractivity (Wildman–Crippen MR) is 64.4 cm³/mol. The highest BCUT2D eigenvalue weighted by Crippen LogP contribution is 2.22. The zero-order valence-electron chi connectivity index (χ0n) is 8.84. The maximum absolute atomic E-state index is 9.31. The smallest absolute Gasteiger partial charge is 0.138 e. The van der Waals surface area contributed by atoms with Gasteiger partial charge in [0.25, 0.3) is 0 Å². The molecule has 0 saturated carbocycles. The maximum atomic E-state index is 9.31. The fourth-order valence-corrected chi connectivity index (χ4v) is 2.14. The largest absolute Gasteiger partial charge is 0.393 e. The second-order valence-corrected chi connectivity index (χ2v) is 4.53. The summed E-state index contributed by atoms with van der Waals surface area (Å²) in [5.41, 5.74) is 2.03. The summed E-state index contributed by atoms with van der Waals surface area (Å²) in [6.07, 6.45) is 3.46. The molecule has 0 aliphatic carbocycles. The van der Waals surface area contributed by atoms with Crippen LogP contribution in [0.3, 0.4) is 0 Å². The van der Waals surface area contributed by atoms with Gasteiger partial charge in [0.1, 0.15) is 12.7 Å². The molecule has 1 aromatic carbocycles. The van der Waals surface area contributed by atoms with Crippen LogP contribution in [-0.2, 0) is 6.42 Å². The molecule has 2 aromatic rings. The Labute approximate surface area is 102 Å². The lowest BCUT2D eigenvalue weighted by molar-refractivity contribution is 0.195. The van der Waals surface area contributed by atoms with Crippen LogP contribution in [0.1, 0.15) is 12.5 Å². The Hall–Kier alpha value is -1.20. The molecule has 1 unspecified atom stereocenters. The van der Waals surface area contributed by atoms with Gasteiger partial charge in [-0.25, -0.2) is 9.67 Å². The van der Waals surface area contributed by atoms with Gasteiger partial charge in [-0.05, 0) is 47.0 Å². The van der Waals surface area contributed by atoms with Crippen molar-refractivity contribution in [3.8, 4) is 5.69 Å². The molecular weight excluding hydrogens is 270 g/mol. The average molecular weight is 282 g/mol. The zero-order chi connectivity index (χ0) is 11.5. The summed E-state index contributed by atoms with van der Waals surface area (Å²) in [7, 11) is 0. The summed E-state index contributed by atoms with van der Waals surface area (Å²) < 4.78 is 2.63. The Morgan fingerprint density at radius 3 is 2.88 bits per heavy atom. The van der Waals surface area contributed by atoms with Gasteiger partial charge in [0.05, 0.1) is 11.8 Å². The highest BCUT2D eigenvalue weighted by Gasteiger charge is 2.05. The van der Waals surface area contributed by atoms with E-state index < -0.39 is 0 Å². The number of hydrogen-bond acceptors (Lipinski definition) is 3. The lowest BCUT2D eigenvalue weighted by Gasteiger charge is -2.08. The van der Waals surface area contributed by atoms with E-state index >= 15 is 0 Å². The number of aliphatic hydroxyl groups excluding tert-OH is 1. The van der Waals surface area contributed by atoms with Gasteiger partial charge in [0.15, 0.2) is 0 Å². The number of rotatable bonds is 3. The second kappa shape index (κ2) is 4.76. The van der Waals surface area contributed by atoms with Crippen molar-refractivity contribution in [2.75, 3.05) is 0 Å². The highest BCUT2D eigenvalue weighted by molar-refractivity contribution is 9.10. The van der Waals surface area contributed by atoms with E-state index in [4.69, 9.17) is 0 Å². The first-order valence-electron chi connectivity index (χ1n) is 4.98. The molecule has 0 aliphatic heterocycles. The van der Waals surface area contributed by atoms with Crippen LogP contribution < -0.4 is 0 Å². The Balaban J connectivity index is 2.30. The van der Waals surface area contributed by atoms with E-state index in [1.54, 1.807) is 17.9 Å². The van der Waals surface area contributed by atoms with Gasteiger partial charge in [-0.1, -0.05) is 6.07 Å². The molecule has 0 bridgehead atoms. The molecule has 1 atom stereocenters. The van der Waals surface area contributed by atoms with Crippen LogP contribution in [0, 0.1) is 0 Å². The molecule has 0 radical (unpaired) electrons. The van der Waals surface area contributed by atoms with Crippen LogP contribution in [0.15, 0.2) is 35.3 Å². The van der Waals surface area contributed by atoms with Crippen molar-refractivity contribution in [3.05, 3.63) is 40.9 Å². The molecule has 1 N–H and O–H groups in total. The van der Waals surface area contributed by atoms with Gasteiger partial charge < -0.3 is 5.11 Å². The minimum Gasteiger partial charge on any atom is -0.393 e. The van der Waals surface area contributed by atoms with Gasteiger partial charge in [0, 0.05) is 4.47 Å². The molecule has 2 rings (SSSR count). The standard InChI is InChI=1S/C11H12BrN3O/c1-8(16)4-9-2-3-11(10(12)5-9)15-7-13-6-14-15/h2-3,5-8,16H,4H2,1H3. The van der Waals surface area contributed by atoms with E-state index in [2.05, 4.69) is 26.0 Å². The van der Waals surface area contributed by atoms with Crippen LogP contribution >= 0.6 is 15.9 Å². The van der Waals surface area contributed by atoms with Crippen LogP contribution in [0.5, 0.6) is 0 Å². The molecule has 0 amide bonds. The summed E-state index contributed by atoms with van der Waals surface area (Å²) in [6.45, 7) is 1.78. The number of aromatic nitrogens is 3. The van der Waals surface area contributed by atoms with E-state index in [0.29, 0.717) is 6.42 Å². The molecule has 16 heavy (non-hydrogen) atoms. The number of hydrogen-bond donors (Lipinski definition) is 1. The fourth-order valence-electron chi connectivity index (χ4n) is 1.54. The van der Waals surface area contributed by atoms with Crippen molar-refractivity contribution in [1.82, 2.24) is 14.8 Å². The molecule has 1 aromatic heterocycles. The maximum Gasteiger partial charge on any atom is 0.138 e. The molecule has 4 nitrogen and oxygen atoms in total. The summed E-state index contributed by atoms with van der Waals surface area (Å²) in [5.74, 6) is 0. The van der Waals surface area contributed by atoms with Crippen molar-refractivity contribution >= 4 is 15.9 Å². The van der Waals surface area contributed by atoms with Gasteiger partial charge >= 0.3 is 0 Å². The van der Waals surface area contributed by atoms with Crippen molar-refractivity contribution < 1.29 is 5.11 Å². The molecule has 0 aliphatic rings. The summed E-state index contributed by atoms with van der Waals surface area (Å²) >= 11 is 3.49. The lowest BCUT2D eigenvalue weighted by atomic mass is 10.1. The van der Waals surface area contributed by atoms with Crippen LogP contribution in [-0.4, -0.2) is 26.0 Å². The Morgan fingerprint density at radius 2 is 2.31 bits per heavy atom. The number of aliphatic hydroxyl groups is 1. The normalized spacial score (nSPS) is 12.7. The van der Waals surface area contributed by atoms with Crippen molar-refractivity contribution in [3.63, 3.8) is 0 Å². The van der Waals surface area contributed by atoms with Crippen LogP contribution in [0.4, 0.5) is 0 Å². The van der Waals surface area contributed by atoms with E-state index in [1.807, 2.05) is 18.2 Å². The number of nitrogens with zero attached hydrogens (tertiary/aromatic N) is 3. The van der Waals surface area contributed by atoms with E-state index in [1.165, 1.54) is 6.33 Å². The lowest BCUT2D eigenvalue weighted by Crippen LogP contribution is -2.04. The SMILES string of the molecule is CC(O)Cc1ccc(-n2cncn2)c(Br)c1. The van der Waals surface area contributed by atoms with E-state index in [9.17, 15) is 5.11 Å². The molecule has 0 fully saturated rings. The molecule has 84 valence electrons. The van der Waals surface area contributed by atoms with Gasteiger partial charge in [-0.2, -0.15) is 5.10 Å². The Bertz CT molecular complexity index is 468. The highest BCUT2D eigenvalue weighted by atomic mass is 79.9. The van der Waals surface area contributed by atoms with E-state index in [0.717, 1.165) is 15.7 Å². The third kappa shape index (κ3) is 2.48. The zero-order valence-corrected chi connectivity index (χ0v) is 10.4. The quantitative estimate of drug-likeness (QED) is 0.936. The minimum absolute atomic E-state index is 0.330. The topological polar surface area (TPSA) is 50.9 Å². The molecular formula is C11H12BrN3O. The summed E-state index contributed by atoms with van der Waals surface area (Å²) in [5, 5.41) is 13.4. The first-order valence-corrected chi connectivity index (χ1v) is 5.77. The third-order valence-corrected chi connectivity index (χ3v) is 2.84. The van der Waals surface area contributed by atoms with Crippen molar-refractivity contribution in [2.24, 2.45) is 0 Å². The average Bonchev–Trinajstić information content (AvgIpc) is 2.69. The van der Waals surface area contributed by atoms with Gasteiger partial charge in [-0.15, -0.1) is 0 Å². The number of halogens is 1. The molecule has 0 spiro atoms. The summed E-state index contributed by atoms with van der Waals surface area (Å²) in [4.78, 5) is 3.90. The van der Waals surface area contributed by atoms with Crippen LogP contribution in [0.25, 0.3) is 5.69 Å². The first-order chi connectivity index (χ1) is 7.66. The molecule has 5 heteroatoms. The van der Waals surface area contributed by atoms with E-state index in [-0.39, 0.29) is 6.10 Å². The van der Waals surface area contributed by atoms with Crippen molar-refractivity contribution in [2.45, 2.75) is 19.4 Å². The minimum atomic E-state index is -0.330. The number of benzene rings is 1. The Morgan fingerprint density at radius 1 is 1.50 bits per heavy atom.